The van der Waals surface area contributed by atoms with Gasteiger partial charge in [-0.2, -0.15) is 0 Å². The quantitative estimate of drug-likeness (QED) is 0.604. The van der Waals surface area contributed by atoms with E-state index in [1.54, 1.807) is 11.9 Å². The van der Waals surface area contributed by atoms with Crippen molar-refractivity contribution >= 4 is 11.9 Å². The van der Waals surface area contributed by atoms with Gasteiger partial charge in [-0.05, 0) is 26.0 Å². The number of likely N-dealkylation sites (N-methyl/N-ethyl adjacent to an activating group) is 1. The van der Waals surface area contributed by atoms with Crippen molar-refractivity contribution in [2.45, 2.75) is 37.8 Å². The molecule has 1 aromatic carbocycles. The van der Waals surface area contributed by atoms with Crippen LogP contribution >= 0.6 is 0 Å². The molecular formula is C17H22N2O5. The van der Waals surface area contributed by atoms with Crippen molar-refractivity contribution in [3.05, 3.63) is 35.4 Å². The van der Waals surface area contributed by atoms with Crippen LogP contribution in [0.2, 0.25) is 0 Å². The van der Waals surface area contributed by atoms with Crippen LogP contribution in [0.15, 0.2) is 24.3 Å². The van der Waals surface area contributed by atoms with Crippen LogP contribution in [0.1, 0.15) is 24.0 Å². The molecule has 0 radical (unpaired) electrons. The first kappa shape index (κ1) is 16.9. The highest BCUT2D eigenvalue weighted by Gasteiger charge is 2.59. The first-order valence-corrected chi connectivity index (χ1v) is 8.00. The van der Waals surface area contributed by atoms with Gasteiger partial charge in [-0.15, -0.1) is 0 Å². The first-order valence-electron chi connectivity index (χ1n) is 8.00. The summed E-state index contributed by atoms with van der Waals surface area (Å²) in [5, 5.41) is 13.6. The Bertz CT molecular complexity index is 629. The maximum atomic E-state index is 11.6. The third kappa shape index (κ3) is 3.15. The molecule has 1 atom stereocenters. The van der Waals surface area contributed by atoms with Crippen molar-refractivity contribution in [3.8, 4) is 0 Å². The molecular weight excluding hydrogens is 312 g/mol. The number of ether oxygens (including phenoxy) is 2. The Morgan fingerprint density at radius 2 is 1.83 bits per heavy atom. The summed E-state index contributed by atoms with van der Waals surface area (Å²) in [6.07, 6.45) is 0.501. The Hall–Kier alpha value is -1.96. The van der Waals surface area contributed by atoms with E-state index in [0.717, 1.165) is 11.1 Å². The lowest BCUT2D eigenvalue weighted by atomic mass is 9.88. The van der Waals surface area contributed by atoms with Crippen LogP contribution < -0.4 is 5.32 Å². The number of carbonyl (C=O) groups excluding carboxylic acids is 2. The Morgan fingerprint density at radius 3 is 2.42 bits per heavy atom. The molecule has 130 valence electrons. The van der Waals surface area contributed by atoms with E-state index in [1.807, 2.05) is 31.2 Å². The van der Waals surface area contributed by atoms with Crippen LogP contribution in [-0.4, -0.2) is 53.6 Å². The molecule has 2 aliphatic heterocycles. The van der Waals surface area contributed by atoms with Gasteiger partial charge in [0.05, 0.1) is 12.0 Å². The lowest BCUT2D eigenvalue weighted by Gasteiger charge is -2.47. The maximum absolute atomic E-state index is 11.6. The zero-order chi connectivity index (χ0) is 17.4. The minimum Gasteiger partial charge on any atom is -0.400 e. The molecule has 2 heterocycles. The smallest absolute Gasteiger partial charge is 0.400 e. The second-order valence-corrected chi connectivity index (χ2v) is 6.58. The van der Waals surface area contributed by atoms with Gasteiger partial charge in [0, 0.05) is 19.6 Å². The SMILES string of the molecule is CNCC1(O)CCN(Cc2ccc(C)cc2)C2(C1)OC(=O)C(=O)O2. The molecule has 0 aromatic heterocycles. The summed E-state index contributed by atoms with van der Waals surface area (Å²) in [5.74, 6) is -3.57. The van der Waals surface area contributed by atoms with Gasteiger partial charge in [-0.3, -0.25) is 0 Å². The van der Waals surface area contributed by atoms with E-state index in [-0.39, 0.29) is 6.42 Å². The van der Waals surface area contributed by atoms with Gasteiger partial charge in [0.1, 0.15) is 0 Å². The van der Waals surface area contributed by atoms with Crippen molar-refractivity contribution < 1.29 is 24.2 Å². The summed E-state index contributed by atoms with van der Waals surface area (Å²) in [4.78, 5) is 25.1. The molecule has 2 N–H and O–H groups in total. The highest BCUT2D eigenvalue weighted by molar-refractivity contribution is 6.31. The second-order valence-electron chi connectivity index (χ2n) is 6.58. The fourth-order valence-corrected chi connectivity index (χ4v) is 3.32. The van der Waals surface area contributed by atoms with Crippen molar-refractivity contribution in [1.29, 1.82) is 0 Å². The summed E-state index contributed by atoms with van der Waals surface area (Å²) in [6, 6.07) is 7.96. The lowest BCUT2D eigenvalue weighted by Crippen LogP contribution is -2.62. The van der Waals surface area contributed by atoms with E-state index in [9.17, 15) is 14.7 Å². The number of hydrogen-bond donors (Lipinski definition) is 2. The van der Waals surface area contributed by atoms with Gasteiger partial charge in [0.15, 0.2) is 0 Å². The predicted octanol–water partition coefficient (Wildman–Crippen LogP) is 0.295. The highest BCUT2D eigenvalue weighted by Crippen LogP contribution is 2.40. The van der Waals surface area contributed by atoms with Gasteiger partial charge in [-0.1, -0.05) is 29.8 Å². The standard InChI is InChI=1S/C17H22N2O5/c1-12-3-5-13(6-4-12)9-19-8-7-16(22,11-18-2)10-17(19)23-14(20)15(21)24-17/h3-6,18,22H,7-11H2,1-2H3. The van der Waals surface area contributed by atoms with Gasteiger partial charge >= 0.3 is 17.8 Å². The number of esters is 2. The monoisotopic (exact) mass is 334 g/mol. The minimum absolute atomic E-state index is 0.0180. The molecule has 2 saturated heterocycles. The molecule has 0 bridgehead atoms. The van der Waals surface area contributed by atoms with E-state index in [0.29, 0.717) is 26.1 Å². The van der Waals surface area contributed by atoms with Crippen LogP contribution in [0.25, 0.3) is 0 Å². The van der Waals surface area contributed by atoms with E-state index >= 15 is 0 Å². The Labute approximate surface area is 140 Å². The van der Waals surface area contributed by atoms with Gasteiger partial charge in [0.25, 0.3) is 0 Å². The maximum Gasteiger partial charge on any atom is 0.421 e. The van der Waals surface area contributed by atoms with Gasteiger partial charge in [-0.25, -0.2) is 14.5 Å². The highest BCUT2D eigenvalue weighted by atomic mass is 16.8. The molecule has 0 saturated carbocycles. The average molecular weight is 334 g/mol. The third-order valence-electron chi connectivity index (χ3n) is 4.55. The molecule has 3 rings (SSSR count). The summed E-state index contributed by atoms with van der Waals surface area (Å²) in [7, 11) is 1.73. The summed E-state index contributed by atoms with van der Waals surface area (Å²) in [5.41, 5.74) is 1.05. The summed E-state index contributed by atoms with van der Waals surface area (Å²) in [6.45, 7) is 3.22. The number of likely N-dealkylation sites (tertiary alicyclic amines) is 1. The fraction of sp³-hybridized carbons (Fsp3) is 0.529. The zero-order valence-corrected chi connectivity index (χ0v) is 13.9. The van der Waals surface area contributed by atoms with Crippen molar-refractivity contribution in [1.82, 2.24) is 10.2 Å². The number of benzene rings is 1. The number of piperidine rings is 1. The summed E-state index contributed by atoms with van der Waals surface area (Å²) >= 11 is 0. The number of rotatable bonds is 4. The predicted molar refractivity (Wildman–Crippen MR) is 84.6 cm³/mol. The number of aliphatic hydroxyl groups is 1. The van der Waals surface area contributed by atoms with Gasteiger partial charge < -0.3 is 19.9 Å². The average Bonchev–Trinajstić information content (AvgIpc) is 2.79. The molecule has 7 heteroatoms. The van der Waals surface area contributed by atoms with Crippen molar-refractivity contribution in [2.24, 2.45) is 0 Å². The summed E-state index contributed by atoms with van der Waals surface area (Å²) < 4.78 is 10.6. The van der Waals surface area contributed by atoms with Crippen LogP contribution in [0.3, 0.4) is 0 Å². The number of nitrogens with zero attached hydrogens (tertiary/aromatic N) is 1. The number of nitrogens with one attached hydrogen (secondary N) is 1. The topological polar surface area (TPSA) is 88.1 Å². The molecule has 0 amide bonds. The van der Waals surface area contributed by atoms with Crippen molar-refractivity contribution in [2.75, 3.05) is 20.1 Å². The molecule has 1 aromatic rings. The largest absolute Gasteiger partial charge is 0.421 e. The van der Waals surface area contributed by atoms with Crippen molar-refractivity contribution in [3.63, 3.8) is 0 Å². The minimum atomic E-state index is -1.54. The third-order valence-corrected chi connectivity index (χ3v) is 4.55. The molecule has 1 spiro atoms. The Morgan fingerprint density at radius 1 is 1.21 bits per heavy atom. The zero-order valence-electron chi connectivity index (χ0n) is 13.9. The Balaban J connectivity index is 1.86. The second kappa shape index (κ2) is 6.16. The fourth-order valence-electron chi connectivity index (χ4n) is 3.32. The van der Waals surface area contributed by atoms with Crippen LogP contribution in [0, 0.1) is 6.92 Å². The van der Waals surface area contributed by atoms with E-state index < -0.39 is 23.5 Å². The van der Waals surface area contributed by atoms with E-state index in [2.05, 4.69) is 5.32 Å². The number of carbonyl (C=O) groups is 2. The number of aryl methyl sites for hydroxylation is 1. The molecule has 7 nitrogen and oxygen atoms in total. The van der Waals surface area contributed by atoms with Crippen LogP contribution in [0.5, 0.6) is 0 Å². The lowest BCUT2D eigenvalue weighted by molar-refractivity contribution is -0.293. The van der Waals surface area contributed by atoms with E-state index in [4.69, 9.17) is 9.47 Å². The number of hydrogen-bond acceptors (Lipinski definition) is 7. The first-order chi connectivity index (χ1) is 11.4. The van der Waals surface area contributed by atoms with Crippen LogP contribution in [0.4, 0.5) is 0 Å². The molecule has 1 unspecified atom stereocenters. The normalized spacial score (nSPS) is 26.5. The van der Waals surface area contributed by atoms with Crippen LogP contribution in [-0.2, 0) is 25.6 Å². The molecule has 2 fully saturated rings. The molecule has 0 aliphatic carbocycles. The molecule has 2 aliphatic rings. The van der Waals surface area contributed by atoms with Gasteiger partial charge in [0.2, 0.25) is 0 Å². The molecule has 24 heavy (non-hydrogen) atoms. The Kier molecular flexibility index (Phi) is 4.33. The van der Waals surface area contributed by atoms with E-state index in [1.165, 1.54) is 0 Å².